The smallest absolute Gasteiger partial charge is 0.287 e. The minimum absolute atomic E-state index is 0.192. The Hall–Kier alpha value is -2.25. The molecule has 0 aliphatic rings. The lowest BCUT2D eigenvalue weighted by atomic mass is 10.4. The number of carbonyl (C=O) groups excluding carboxylic acids is 1. The van der Waals surface area contributed by atoms with Gasteiger partial charge in [-0.2, -0.15) is 0 Å². The number of amides is 1. The van der Waals surface area contributed by atoms with E-state index in [0.717, 1.165) is 22.9 Å². The lowest BCUT2D eigenvalue weighted by Crippen LogP contribution is -2.25. The van der Waals surface area contributed by atoms with Crippen LogP contribution in [-0.2, 0) is 5.75 Å². The molecular formula is C20H21N3O2S2. The molecule has 0 fully saturated rings. The van der Waals surface area contributed by atoms with Gasteiger partial charge in [0.05, 0.1) is 5.75 Å². The van der Waals surface area contributed by atoms with Crippen molar-refractivity contribution in [3.8, 4) is 0 Å². The second-order valence-corrected chi connectivity index (χ2v) is 8.02. The molecule has 1 N–H and O–H groups in total. The Morgan fingerprint density at radius 1 is 1.04 bits per heavy atom. The van der Waals surface area contributed by atoms with Crippen LogP contribution in [0.3, 0.4) is 0 Å². The van der Waals surface area contributed by atoms with E-state index in [-0.39, 0.29) is 5.91 Å². The number of thioether (sulfide) groups is 2. The average Bonchev–Trinajstić information content (AvgIpc) is 3.13. The van der Waals surface area contributed by atoms with Crippen molar-refractivity contribution in [2.75, 3.05) is 12.3 Å². The number of hydrogen-bond acceptors (Lipinski definition) is 6. The van der Waals surface area contributed by atoms with Crippen LogP contribution in [0.15, 0.2) is 63.0 Å². The van der Waals surface area contributed by atoms with Crippen LogP contribution in [0.25, 0.3) is 0 Å². The Bertz CT molecular complexity index is 877. The maximum atomic E-state index is 12.2. The first kappa shape index (κ1) is 19.5. The Morgan fingerprint density at radius 2 is 1.78 bits per heavy atom. The molecular weight excluding hydrogens is 378 g/mol. The molecule has 0 unspecified atom stereocenters. The fraction of sp³-hybridized carbons (Fsp3) is 0.250. The number of nitrogens with one attached hydrogen (secondary N) is 1. The van der Waals surface area contributed by atoms with Crippen molar-refractivity contribution in [3.05, 3.63) is 71.4 Å². The Balaban J connectivity index is 1.44. The maximum Gasteiger partial charge on any atom is 0.287 e. The molecule has 3 aromatic rings. The van der Waals surface area contributed by atoms with Crippen molar-refractivity contribution in [1.29, 1.82) is 0 Å². The number of furan rings is 1. The van der Waals surface area contributed by atoms with E-state index in [9.17, 15) is 4.79 Å². The third-order valence-corrected chi connectivity index (χ3v) is 5.47. The quantitative estimate of drug-likeness (QED) is 0.342. The minimum atomic E-state index is -0.192. The van der Waals surface area contributed by atoms with Gasteiger partial charge in [-0.05, 0) is 44.2 Å². The van der Waals surface area contributed by atoms with E-state index in [2.05, 4.69) is 27.4 Å². The summed E-state index contributed by atoms with van der Waals surface area (Å²) in [6.07, 6.45) is 0. The van der Waals surface area contributed by atoms with Gasteiger partial charge in [-0.25, -0.2) is 9.97 Å². The molecule has 0 bridgehead atoms. The number of aromatic nitrogens is 2. The van der Waals surface area contributed by atoms with Gasteiger partial charge in [-0.15, -0.1) is 11.8 Å². The molecule has 2 heterocycles. The van der Waals surface area contributed by atoms with Gasteiger partial charge in [0.25, 0.3) is 5.91 Å². The highest BCUT2D eigenvalue weighted by Crippen LogP contribution is 2.21. The first-order valence-corrected chi connectivity index (χ1v) is 10.6. The summed E-state index contributed by atoms with van der Waals surface area (Å²) in [5.74, 6) is 2.26. The normalized spacial score (nSPS) is 10.7. The van der Waals surface area contributed by atoms with Crippen LogP contribution in [0.1, 0.15) is 27.7 Å². The molecule has 140 valence electrons. The van der Waals surface area contributed by atoms with Gasteiger partial charge in [0.15, 0.2) is 10.9 Å². The van der Waals surface area contributed by atoms with Crippen molar-refractivity contribution in [2.24, 2.45) is 0 Å². The molecule has 1 amide bonds. The molecule has 0 radical (unpaired) electrons. The first-order valence-electron chi connectivity index (χ1n) is 8.60. The zero-order chi connectivity index (χ0) is 19.1. The molecule has 3 rings (SSSR count). The second kappa shape index (κ2) is 9.62. The van der Waals surface area contributed by atoms with Crippen LogP contribution in [0, 0.1) is 13.8 Å². The number of rotatable bonds is 8. The van der Waals surface area contributed by atoms with Gasteiger partial charge in [0, 0.05) is 28.6 Å². The number of carbonyl (C=O) groups is 1. The first-order chi connectivity index (χ1) is 13.1. The van der Waals surface area contributed by atoms with Crippen molar-refractivity contribution < 1.29 is 9.21 Å². The fourth-order valence-electron chi connectivity index (χ4n) is 2.41. The predicted octanol–water partition coefficient (Wildman–Crippen LogP) is 4.50. The van der Waals surface area contributed by atoms with E-state index in [4.69, 9.17) is 4.42 Å². The summed E-state index contributed by atoms with van der Waals surface area (Å²) in [5, 5.41) is 3.60. The largest absolute Gasteiger partial charge is 0.455 e. The summed E-state index contributed by atoms with van der Waals surface area (Å²) in [4.78, 5) is 22.2. The molecule has 0 saturated carbocycles. The summed E-state index contributed by atoms with van der Waals surface area (Å²) in [6.45, 7) is 4.48. The van der Waals surface area contributed by atoms with Gasteiger partial charge in [0.1, 0.15) is 5.76 Å². The Labute approximate surface area is 167 Å². The standard InChI is InChI=1S/C20H21N3O2S2/c1-14-12-15(2)23-20(22-14)27-13-16-8-9-18(25-16)19(24)21-10-11-26-17-6-4-3-5-7-17/h3-9,12H,10-11,13H2,1-2H3,(H,21,24). The SMILES string of the molecule is Cc1cc(C)nc(SCc2ccc(C(=O)NCCSc3ccccc3)o2)n1. The summed E-state index contributed by atoms with van der Waals surface area (Å²) < 4.78 is 5.65. The van der Waals surface area contributed by atoms with E-state index in [0.29, 0.717) is 23.2 Å². The lowest BCUT2D eigenvalue weighted by Gasteiger charge is -2.04. The molecule has 0 atom stereocenters. The minimum Gasteiger partial charge on any atom is -0.455 e. The third-order valence-electron chi connectivity index (χ3n) is 3.59. The fourth-order valence-corrected chi connectivity index (χ4v) is 4.04. The van der Waals surface area contributed by atoms with E-state index in [1.807, 2.05) is 44.2 Å². The Morgan fingerprint density at radius 3 is 2.52 bits per heavy atom. The highest BCUT2D eigenvalue weighted by molar-refractivity contribution is 7.99. The van der Waals surface area contributed by atoms with Crippen LogP contribution in [0.5, 0.6) is 0 Å². The van der Waals surface area contributed by atoms with Crippen molar-refractivity contribution in [3.63, 3.8) is 0 Å². The molecule has 7 heteroatoms. The van der Waals surface area contributed by atoms with Crippen molar-refractivity contribution in [1.82, 2.24) is 15.3 Å². The second-order valence-electron chi connectivity index (χ2n) is 5.91. The topological polar surface area (TPSA) is 68.0 Å². The molecule has 5 nitrogen and oxygen atoms in total. The van der Waals surface area contributed by atoms with Crippen molar-refractivity contribution >= 4 is 29.4 Å². The zero-order valence-corrected chi connectivity index (χ0v) is 16.9. The zero-order valence-electron chi connectivity index (χ0n) is 15.3. The number of hydrogen-bond donors (Lipinski definition) is 1. The van der Waals surface area contributed by atoms with Crippen LogP contribution in [0.4, 0.5) is 0 Å². The van der Waals surface area contributed by atoms with Gasteiger partial charge in [-0.1, -0.05) is 30.0 Å². The molecule has 1 aromatic carbocycles. The van der Waals surface area contributed by atoms with E-state index < -0.39 is 0 Å². The van der Waals surface area contributed by atoms with E-state index in [1.165, 1.54) is 16.7 Å². The summed E-state index contributed by atoms with van der Waals surface area (Å²) in [7, 11) is 0. The van der Waals surface area contributed by atoms with Crippen LogP contribution in [0.2, 0.25) is 0 Å². The maximum absolute atomic E-state index is 12.2. The molecule has 0 saturated heterocycles. The molecule has 0 spiro atoms. The average molecular weight is 400 g/mol. The highest BCUT2D eigenvalue weighted by Gasteiger charge is 2.11. The van der Waals surface area contributed by atoms with E-state index >= 15 is 0 Å². The third kappa shape index (κ3) is 6.15. The predicted molar refractivity (Wildman–Crippen MR) is 109 cm³/mol. The molecule has 2 aromatic heterocycles. The monoisotopic (exact) mass is 399 g/mol. The van der Waals surface area contributed by atoms with Crippen LogP contribution in [-0.4, -0.2) is 28.2 Å². The molecule has 0 aliphatic heterocycles. The number of aryl methyl sites for hydroxylation is 2. The molecule has 27 heavy (non-hydrogen) atoms. The van der Waals surface area contributed by atoms with Gasteiger partial charge in [-0.3, -0.25) is 4.79 Å². The summed E-state index contributed by atoms with van der Waals surface area (Å²) >= 11 is 3.20. The summed E-state index contributed by atoms with van der Waals surface area (Å²) in [6, 6.07) is 15.6. The highest BCUT2D eigenvalue weighted by atomic mass is 32.2. The number of nitrogens with zero attached hydrogens (tertiary/aromatic N) is 2. The van der Waals surface area contributed by atoms with Gasteiger partial charge in [0.2, 0.25) is 0 Å². The van der Waals surface area contributed by atoms with Gasteiger partial charge < -0.3 is 9.73 Å². The van der Waals surface area contributed by atoms with Crippen molar-refractivity contribution in [2.45, 2.75) is 29.7 Å². The lowest BCUT2D eigenvalue weighted by molar-refractivity contribution is 0.0927. The van der Waals surface area contributed by atoms with Crippen LogP contribution >= 0.6 is 23.5 Å². The Kier molecular flexibility index (Phi) is 6.95. The van der Waals surface area contributed by atoms with Gasteiger partial charge >= 0.3 is 0 Å². The summed E-state index contributed by atoms with van der Waals surface area (Å²) in [5.41, 5.74) is 1.88. The molecule has 0 aliphatic carbocycles. The number of benzene rings is 1. The van der Waals surface area contributed by atoms with E-state index in [1.54, 1.807) is 17.8 Å². The van der Waals surface area contributed by atoms with Crippen LogP contribution < -0.4 is 5.32 Å².